The molecule has 0 aliphatic carbocycles. The molecule has 5 heteroatoms. The van der Waals surface area contributed by atoms with Crippen molar-refractivity contribution in [3.63, 3.8) is 0 Å². The van der Waals surface area contributed by atoms with Crippen LogP contribution in [0.15, 0.2) is 72.5 Å². The van der Waals surface area contributed by atoms with Gasteiger partial charge in [-0.15, -0.1) is 0 Å². The lowest BCUT2D eigenvalue weighted by Gasteiger charge is -2.34. The highest BCUT2D eigenvalue weighted by Crippen LogP contribution is 2.37. The lowest BCUT2D eigenvalue weighted by Crippen LogP contribution is -2.38. The quantitative estimate of drug-likeness (QED) is 0.530. The van der Waals surface area contributed by atoms with E-state index in [0.717, 1.165) is 16.7 Å². The van der Waals surface area contributed by atoms with Crippen molar-refractivity contribution in [2.45, 2.75) is 32.7 Å². The fourth-order valence-corrected chi connectivity index (χ4v) is 3.54. The van der Waals surface area contributed by atoms with Gasteiger partial charge in [0.25, 0.3) is 0 Å². The Kier molecular flexibility index (Phi) is 6.27. The lowest BCUT2D eigenvalue weighted by atomic mass is 9.83. The second-order valence-corrected chi connectivity index (χ2v) is 7.16. The zero-order valence-electron chi connectivity index (χ0n) is 16.7. The van der Waals surface area contributed by atoms with Crippen LogP contribution in [0.1, 0.15) is 36.0 Å². The molecule has 0 aromatic heterocycles. The predicted octanol–water partition coefficient (Wildman–Crippen LogP) is 4.65. The maximum absolute atomic E-state index is 13.2. The summed E-state index contributed by atoms with van der Waals surface area (Å²) in [4.78, 5) is 27.4. The molecule has 0 bridgehead atoms. The summed E-state index contributed by atoms with van der Waals surface area (Å²) in [7, 11) is 0. The molecular weight excluding hydrogens is 369 g/mol. The van der Waals surface area contributed by atoms with Crippen LogP contribution in [-0.4, -0.2) is 23.4 Å². The molecule has 1 aliphatic heterocycles. The van der Waals surface area contributed by atoms with Crippen molar-refractivity contribution in [1.29, 1.82) is 0 Å². The largest absolute Gasteiger partial charge is 0.458 e. The molecule has 3 rings (SSSR count). The molecule has 0 saturated heterocycles. The highest BCUT2D eigenvalue weighted by molar-refractivity contribution is 5.95. The third-order valence-corrected chi connectivity index (χ3v) is 5.11. The van der Waals surface area contributed by atoms with Gasteiger partial charge in [-0.3, -0.25) is 4.79 Å². The average molecular weight is 393 g/mol. The summed E-state index contributed by atoms with van der Waals surface area (Å²) in [6.45, 7) is 7.70. The zero-order valence-corrected chi connectivity index (χ0v) is 16.7. The molecule has 1 atom stereocenters. The van der Waals surface area contributed by atoms with Crippen LogP contribution in [0.3, 0.4) is 0 Å². The van der Waals surface area contributed by atoms with Gasteiger partial charge in [0, 0.05) is 18.0 Å². The van der Waals surface area contributed by atoms with Crippen molar-refractivity contribution in [2.75, 3.05) is 6.61 Å². The van der Waals surface area contributed by atoms with Crippen molar-refractivity contribution >= 4 is 11.9 Å². The first-order valence-electron chi connectivity index (χ1n) is 9.51. The molecule has 1 heterocycles. The van der Waals surface area contributed by atoms with Crippen LogP contribution in [0, 0.1) is 12.7 Å². The second-order valence-electron chi connectivity index (χ2n) is 7.16. The van der Waals surface area contributed by atoms with Gasteiger partial charge in [-0.1, -0.05) is 54.6 Å². The maximum atomic E-state index is 13.2. The molecule has 0 spiro atoms. The number of hydrogen-bond donors (Lipinski definition) is 0. The molecule has 0 fully saturated rings. The molecule has 1 unspecified atom stereocenters. The summed E-state index contributed by atoms with van der Waals surface area (Å²) in [6.07, 6.45) is 1.68. The molecule has 0 N–H and O–H groups in total. The van der Waals surface area contributed by atoms with Gasteiger partial charge in [0.05, 0.1) is 12.1 Å². The van der Waals surface area contributed by atoms with E-state index in [1.54, 1.807) is 24.0 Å². The Morgan fingerprint density at radius 3 is 2.45 bits per heavy atom. The number of benzene rings is 2. The minimum atomic E-state index is -0.454. The van der Waals surface area contributed by atoms with Gasteiger partial charge in [0.1, 0.15) is 12.4 Å². The molecule has 0 saturated carbocycles. The van der Waals surface area contributed by atoms with Crippen molar-refractivity contribution in [1.82, 2.24) is 4.90 Å². The van der Waals surface area contributed by atoms with Gasteiger partial charge in [-0.05, 0) is 37.1 Å². The number of ether oxygens (including phenoxy) is 1. The number of carbonyl (C=O) groups is 2. The van der Waals surface area contributed by atoms with Gasteiger partial charge >= 0.3 is 5.97 Å². The maximum Gasteiger partial charge on any atom is 0.336 e. The molecule has 29 heavy (non-hydrogen) atoms. The lowest BCUT2D eigenvalue weighted by molar-refractivity contribution is -0.139. The smallest absolute Gasteiger partial charge is 0.336 e. The number of halogens is 1. The minimum Gasteiger partial charge on any atom is -0.458 e. The van der Waals surface area contributed by atoms with E-state index < -0.39 is 5.97 Å². The van der Waals surface area contributed by atoms with Crippen LogP contribution >= 0.6 is 0 Å². The SMILES string of the molecule is C=CCOC(=O)C1=C(C)N(Cc2ccc(F)cc2)C(=O)CC1c1ccc(C)cc1. The Labute approximate surface area is 170 Å². The van der Waals surface area contributed by atoms with Crippen LogP contribution in [0.4, 0.5) is 4.39 Å². The fraction of sp³-hybridized carbons (Fsp3) is 0.250. The van der Waals surface area contributed by atoms with E-state index in [0.29, 0.717) is 11.3 Å². The highest BCUT2D eigenvalue weighted by Gasteiger charge is 2.36. The predicted molar refractivity (Wildman–Crippen MR) is 109 cm³/mol. The third kappa shape index (κ3) is 4.62. The summed E-state index contributed by atoms with van der Waals surface area (Å²) >= 11 is 0. The zero-order chi connectivity index (χ0) is 21.0. The molecule has 2 aromatic rings. The van der Waals surface area contributed by atoms with Crippen LogP contribution in [0.2, 0.25) is 0 Å². The van der Waals surface area contributed by atoms with Gasteiger partial charge in [-0.2, -0.15) is 0 Å². The van der Waals surface area contributed by atoms with Crippen molar-refractivity contribution in [3.8, 4) is 0 Å². The summed E-state index contributed by atoms with van der Waals surface area (Å²) in [6, 6.07) is 13.8. The Balaban J connectivity index is 2.00. The molecule has 2 aromatic carbocycles. The molecule has 4 nitrogen and oxygen atoms in total. The van der Waals surface area contributed by atoms with Gasteiger partial charge in [-0.25, -0.2) is 9.18 Å². The van der Waals surface area contributed by atoms with E-state index in [-0.39, 0.29) is 37.2 Å². The van der Waals surface area contributed by atoms with Crippen LogP contribution in [-0.2, 0) is 20.9 Å². The first kappa shape index (κ1) is 20.5. The Morgan fingerprint density at radius 2 is 1.83 bits per heavy atom. The molecule has 1 amide bonds. The molecule has 1 aliphatic rings. The summed E-state index contributed by atoms with van der Waals surface area (Å²) in [5.41, 5.74) is 3.81. The van der Waals surface area contributed by atoms with E-state index >= 15 is 0 Å². The molecule has 0 radical (unpaired) electrons. The van der Waals surface area contributed by atoms with E-state index in [4.69, 9.17) is 4.74 Å². The van der Waals surface area contributed by atoms with E-state index in [2.05, 4.69) is 6.58 Å². The van der Waals surface area contributed by atoms with Gasteiger partial charge in [0.2, 0.25) is 5.91 Å². The first-order valence-corrected chi connectivity index (χ1v) is 9.51. The Morgan fingerprint density at radius 1 is 1.17 bits per heavy atom. The number of aryl methyl sites for hydroxylation is 1. The summed E-state index contributed by atoms with van der Waals surface area (Å²) in [5, 5.41) is 0. The fourth-order valence-electron chi connectivity index (χ4n) is 3.54. The summed E-state index contributed by atoms with van der Waals surface area (Å²) < 4.78 is 18.5. The van der Waals surface area contributed by atoms with E-state index in [1.165, 1.54) is 18.2 Å². The van der Waals surface area contributed by atoms with Crippen molar-refractivity contribution < 1.29 is 18.7 Å². The number of rotatable bonds is 6. The van der Waals surface area contributed by atoms with Crippen LogP contribution < -0.4 is 0 Å². The minimum absolute atomic E-state index is 0.0855. The van der Waals surface area contributed by atoms with Crippen LogP contribution in [0.25, 0.3) is 0 Å². The number of hydrogen-bond acceptors (Lipinski definition) is 3. The number of esters is 1. The first-order chi connectivity index (χ1) is 13.9. The number of amides is 1. The van der Waals surface area contributed by atoms with Gasteiger partial charge in [0.15, 0.2) is 0 Å². The van der Waals surface area contributed by atoms with Crippen molar-refractivity contribution in [2.24, 2.45) is 0 Å². The van der Waals surface area contributed by atoms with Crippen molar-refractivity contribution in [3.05, 3.63) is 95.0 Å². The average Bonchev–Trinajstić information content (AvgIpc) is 2.71. The van der Waals surface area contributed by atoms with Gasteiger partial charge < -0.3 is 9.64 Å². The number of nitrogens with zero attached hydrogens (tertiary/aromatic N) is 1. The van der Waals surface area contributed by atoms with Crippen LogP contribution in [0.5, 0.6) is 0 Å². The topological polar surface area (TPSA) is 46.6 Å². The van der Waals surface area contributed by atoms with E-state index in [9.17, 15) is 14.0 Å². The Bertz CT molecular complexity index is 945. The van der Waals surface area contributed by atoms with E-state index in [1.807, 2.05) is 31.2 Å². The standard InChI is InChI=1S/C24H24FNO3/c1-4-13-29-24(28)23-17(3)26(15-18-7-11-20(25)12-8-18)22(27)14-21(23)19-9-5-16(2)6-10-19/h4-12,21H,1,13-15H2,2-3H3. The number of carbonyl (C=O) groups excluding carboxylic acids is 2. The second kappa shape index (κ2) is 8.86. The Hall–Kier alpha value is -3.21. The normalized spacial score (nSPS) is 16.7. The monoisotopic (exact) mass is 393 g/mol. The highest BCUT2D eigenvalue weighted by atomic mass is 19.1. The molecule has 150 valence electrons. The third-order valence-electron chi connectivity index (χ3n) is 5.11. The number of allylic oxidation sites excluding steroid dienone is 1. The molecular formula is C24H24FNO3. The summed E-state index contributed by atoms with van der Waals surface area (Å²) in [5.74, 6) is -1.24.